The van der Waals surface area contributed by atoms with Crippen LogP contribution in [-0.2, 0) is 4.74 Å². The van der Waals surface area contributed by atoms with Gasteiger partial charge in [-0.15, -0.1) is 0 Å². The first-order valence-corrected chi connectivity index (χ1v) is 7.61. The summed E-state index contributed by atoms with van der Waals surface area (Å²) in [5.41, 5.74) is 3.32. The molecule has 2 N–H and O–H groups in total. The van der Waals surface area contributed by atoms with E-state index >= 15 is 0 Å². The lowest BCUT2D eigenvalue weighted by Crippen LogP contribution is -2.15. The van der Waals surface area contributed by atoms with Crippen molar-refractivity contribution in [1.82, 2.24) is 15.0 Å². The Balaban J connectivity index is 1.49. The molecule has 0 saturated carbocycles. The summed E-state index contributed by atoms with van der Waals surface area (Å²) in [4.78, 5) is 12.7. The van der Waals surface area contributed by atoms with Crippen molar-refractivity contribution >= 4 is 11.5 Å². The third kappa shape index (κ3) is 3.71. The third-order valence-corrected chi connectivity index (χ3v) is 3.80. The van der Waals surface area contributed by atoms with Gasteiger partial charge in [-0.2, -0.15) is 0 Å². The van der Waals surface area contributed by atoms with Crippen molar-refractivity contribution in [3.63, 3.8) is 0 Å². The van der Waals surface area contributed by atoms with Gasteiger partial charge in [0, 0.05) is 49.8 Å². The molecule has 3 heterocycles. The Kier molecular flexibility index (Phi) is 4.80. The molecule has 0 aromatic carbocycles. The van der Waals surface area contributed by atoms with Gasteiger partial charge in [-0.1, -0.05) is 0 Å². The molecule has 0 aliphatic carbocycles. The number of aryl methyl sites for hydroxylation is 1. The summed E-state index contributed by atoms with van der Waals surface area (Å²) in [5.74, 6) is 1.27. The molecule has 0 unspecified atom stereocenters. The Bertz CT molecular complexity index is 613. The molecule has 6 nitrogen and oxygen atoms in total. The standard InChI is InChI=1S/C16H21N5O/c1-12-9-17-4-2-14(12)18-5-6-19-16-8-15(20-11-21-16)13-3-7-22-10-13/h2,4,8-9,11,13H,3,5-7,10H2,1H3,(H,17,18)(H,19,20,21)/t13-/m1/s1. The number of anilines is 2. The van der Waals surface area contributed by atoms with Crippen molar-refractivity contribution in [2.45, 2.75) is 19.3 Å². The monoisotopic (exact) mass is 299 g/mol. The predicted molar refractivity (Wildman–Crippen MR) is 86.2 cm³/mol. The van der Waals surface area contributed by atoms with Gasteiger partial charge in [-0.05, 0) is 25.0 Å². The van der Waals surface area contributed by atoms with E-state index in [-0.39, 0.29) is 0 Å². The summed E-state index contributed by atoms with van der Waals surface area (Å²) >= 11 is 0. The lowest BCUT2D eigenvalue weighted by molar-refractivity contribution is 0.193. The maximum absolute atomic E-state index is 5.41. The molecule has 0 radical (unpaired) electrons. The van der Waals surface area contributed by atoms with Crippen LogP contribution in [0.5, 0.6) is 0 Å². The molecule has 0 spiro atoms. The van der Waals surface area contributed by atoms with Gasteiger partial charge in [0.15, 0.2) is 0 Å². The Hall–Kier alpha value is -2.21. The van der Waals surface area contributed by atoms with Gasteiger partial charge in [-0.3, -0.25) is 4.98 Å². The molecular weight excluding hydrogens is 278 g/mol. The fraction of sp³-hybridized carbons (Fsp3) is 0.438. The van der Waals surface area contributed by atoms with E-state index in [1.807, 2.05) is 25.3 Å². The first-order chi connectivity index (χ1) is 10.8. The minimum absolute atomic E-state index is 0.404. The molecule has 116 valence electrons. The van der Waals surface area contributed by atoms with Crippen molar-refractivity contribution in [3.05, 3.63) is 42.1 Å². The van der Waals surface area contributed by atoms with Crippen LogP contribution in [0.25, 0.3) is 0 Å². The van der Waals surface area contributed by atoms with E-state index in [0.29, 0.717) is 5.92 Å². The summed E-state index contributed by atoms with van der Waals surface area (Å²) < 4.78 is 5.41. The second-order valence-corrected chi connectivity index (χ2v) is 5.43. The zero-order chi connectivity index (χ0) is 15.2. The zero-order valence-electron chi connectivity index (χ0n) is 12.7. The molecule has 1 saturated heterocycles. The normalized spacial score (nSPS) is 17.4. The maximum Gasteiger partial charge on any atom is 0.129 e. The lowest BCUT2D eigenvalue weighted by Gasteiger charge is -2.11. The summed E-state index contributed by atoms with van der Waals surface area (Å²) in [7, 11) is 0. The first kappa shape index (κ1) is 14.7. The average molecular weight is 299 g/mol. The van der Waals surface area contributed by atoms with E-state index < -0.39 is 0 Å². The molecule has 0 amide bonds. The van der Waals surface area contributed by atoms with Crippen LogP contribution in [-0.4, -0.2) is 41.3 Å². The highest BCUT2D eigenvalue weighted by molar-refractivity contribution is 5.48. The Labute approximate surface area is 130 Å². The molecule has 0 bridgehead atoms. The second-order valence-electron chi connectivity index (χ2n) is 5.43. The fourth-order valence-corrected chi connectivity index (χ4v) is 2.52. The van der Waals surface area contributed by atoms with Crippen LogP contribution in [0.3, 0.4) is 0 Å². The molecule has 1 aliphatic heterocycles. The minimum Gasteiger partial charge on any atom is -0.383 e. The molecule has 6 heteroatoms. The van der Waals surface area contributed by atoms with Crippen LogP contribution in [0.4, 0.5) is 11.5 Å². The number of nitrogens with one attached hydrogen (secondary N) is 2. The summed E-state index contributed by atoms with van der Waals surface area (Å²) in [6.07, 6.45) is 6.31. The van der Waals surface area contributed by atoms with Crippen molar-refractivity contribution in [2.75, 3.05) is 36.9 Å². The molecule has 3 rings (SSSR count). The quantitative estimate of drug-likeness (QED) is 0.797. The molecule has 1 aliphatic rings. The van der Waals surface area contributed by atoms with Crippen LogP contribution in [0.2, 0.25) is 0 Å². The molecule has 2 aromatic heterocycles. The van der Waals surface area contributed by atoms with E-state index in [4.69, 9.17) is 4.74 Å². The van der Waals surface area contributed by atoms with Crippen molar-refractivity contribution < 1.29 is 4.74 Å². The van der Waals surface area contributed by atoms with Crippen LogP contribution in [0, 0.1) is 6.92 Å². The topological polar surface area (TPSA) is 72.0 Å². The number of rotatable bonds is 6. The van der Waals surface area contributed by atoms with Gasteiger partial charge >= 0.3 is 0 Å². The van der Waals surface area contributed by atoms with Crippen molar-refractivity contribution in [1.29, 1.82) is 0 Å². The SMILES string of the molecule is Cc1cnccc1NCCNc1cc([C@@H]2CCOC2)ncn1. The van der Waals surface area contributed by atoms with E-state index in [1.54, 1.807) is 12.5 Å². The molecular formula is C16H21N5O. The van der Waals surface area contributed by atoms with Crippen LogP contribution in [0.15, 0.2) is 30.9 Å². The lowest BCUT2D eigenvalue weighted by atomic mass is 10.1. The maximum atomic E-state index is 5.41. The van der Waals surface area contributed by atoms with Crippen LogP contribution in [0.1, 0.15) is 23.6 Å². The highest BCUT2D eigenvalue weighted by Gasteiger charge is 2.19. The van der Waals surface area contributed by atoms with E-state index in [0.717, 1.165) is 55.5 Å². The largest absolute Gasteiger partial charge is 0.383 e. The highest BCUT2D eigenvalue weighted by atomic mass is 16.5. The van der Waals surface area contributed by atoms with Crippen LogP contribution >= 0.6 is 0 Å². The number of aromatic nitrogens is 3. The first-order valence-electron chi connectivity index (χ1n) is 7.61. The second kappa shape index (κ2) is 7.17. The number of nitrogens with zero attached hydrogens (tertiary/aromatic N) is 3. The Morgan fingerprint density at radius 3 is 3.00 bits per heavy atom. The summed E-state index contributed by atoms with van der Waals surface area (Å²) in [6, 6.07) is 4.01. The predicted octanol–water partition coefficient (Wildman–Crippen LogP) is 2.21. The van der Waals surface area contributed by atoms with Gasteiger partial charge in [-0.25, -0.2) is 9.97 Å². The van der Waals surface area contributed by atoms with Gasteiger partial charge in [0.05, 0.1) is 12.3 Å². The fourth-order valence-electron chi connectivity index (χ4n) is 2.52. The van der Waals surface area contributed by atoms with Crippen LogP contribution < -0.4 is 10.6 Å². The van der Waals surface area contributed by atoms with Gasteiger partial charge in [0.2, 0.25) is 0 Å². The zero-order valence-corrected chi connectivity index (χ0v) is 12.7. The van der Waals surface area contributed by atoms with Gasteiger partial charge in [0.1, 0.15) is 12.1 Å². The number of pyridine rings is 1. The minimum atomic E-state index is 0.404. The summed E-state index contributed by atoms with van der Waals surface area (Å²) in [5, 5.41) is 6.72. The molecule has 2 aromatic rings. The van der Waals surface area contributed by atoms with E-state index in [9.17, 15) is 0 Å². The van der Waals surface area contributed by atoms with Gasteiger partial charge < -0.3 is 15.4 Å². The van der Waals surface area contributed by atoms with E-state index in [1.165, 1.54) is 0 Å². The smallest absolute Gasteiger partial charge is 0.129 e. The highest BCUT2D eigenvalue weighted by Crippen LogP contribution is 2.24. The summed E-state index contributed by atoms with van der Waals surface area (Å²) in [6.45, 7) is 5.24. The third-order valence-electron chi connectivity index (χ3n) is 3.80. The Morgan fingerprint density at radius 2 is 2.18 bits per heavy atom. The molecule has 22 heavy (non-hydrogen) atoms. The molecule has 1 fully saturated rings. The van der Waals surface area contributed by atoms with E-state index in [2.05, 4.69) is 25.6 Å². The van der Waals surface area contributed by atoms with Gasteiger partial charge in [0.25, 0.3) is 0 Å². The van der Waals surface area contributed by atoms with Crippen molar-refractivity contribution in [2.24, 2.45) is 0 Å². The van der Waals surface area contributed by atoms with Crippen molar-refractivity contribution in [3.8, 4) is 0 Å². The average Bonchev–Trinajstić information content (AvgIpc) is 3.08. The Morgan fingerprint density at radius 1 is 1.27 bits per heavy atom. The number of hydrogen-bond acceptors (Lipinski definition) is 6. The number of ether oxygens (including phenoxy) is 1. The number of hydrogen-bond donors (Lipinski definition) is 2. The molecule has 1 atom stereocenters.